The van der Waals surface area contributed by atoms with Crippen molar-refractivity contribution in [3.05, 3.63) is 47.9 Å². The lowest BCUT2D eigenvalue weighted by atomic mass is 10.2. The number of carbonyl (C=O) groups excluding carboxylic acids is 2. The average Bonchev–Trinajstić information content (AvgIpc) is 2.62. The normalized spacial score (nSPS) is 10.1. The molecule has 1 heterocycles. The van der Waals surface area contributed by atoms with E-state index < -0.39 is 5.97 Å². The van der Waals surface area contributed by atoms with Gasteiger partial charge in [0.05, 0.1) is 25.1 Å². The molecule has 0 saturated heterocycles. The maximum Gasteiger partial charge on any atom is 0.337 e. The number of ether oxygens (including phenoxy) is 1. The van der Waals surface area contributed by atoms with Gasteiger partial charge in [-0.2, -0.15) is 0 Å². The Morgan fingerprint density at radius 3 is 2.46 bits per heavy atom. The Labute approximate surface area is 140 Å². The molecule has 0 spiro atoms. The first kappa shape index (κ1) is 17.4. The zero-order valence-corrected chi connectivity index (χ0v) is 13.7. The summed E-state index contributed by atoms with van der Waals surface area (Å²) in [6.45, 7) is 2.93. The first-order chi connectivity index (χ1) is 11.6. The first-order valence-electron chi connectivity index (χ1n) is 7.69. The zero-order valence-electron chi connectivity index (χ0n) is 13.7. The molecule has 7 nitrogen and oxygen atoms in total. The number of benzene rings is 1. The highest BCUT2D eigenvalue weighted by Gasteiger charge is 2.10. The minimum absolute atomic E-state index is 0.216. The van der Waals surface area contributed by atoms with Gasteiger partial charge in [-0.3, -0.25) is 4.79 Å². The molecule has 126 valence electrons. The van der Waals surface area contributed by atoms with Crippen LogP contribution in [0.4, 0.5) is 11.5 Å². The second kappa shape index (κ2) is 8.61. The molecule has 0 radical (unpaired) electrons. The fourth-order valence-corrected chi connectivity index (χ4v) is 1.93. The highest BCUT2D eigenvalue weighted by atomic mass is 16.5. The fraction of sp³-hybridized carbons (Fsp3) is 0.294. The number of esters is 1. The third-order valence-electron chi connectivity index (χ3n) is 3.28. The van der Waals surface area contributed by atoms with E-state index in [1.54, 1.807) is 24.3 Å². The van der Waals surface area contributed by atoms with Crippen LogP contribution in [0.1, 0.15) is 40.6 Å². The van der Waals surface area contributed by atoms with Crippen molar-refractivity contribution in [2.75, 3.05) is 24.3 Å². The van der Waals surface area contributed by atoms with Crippen molar-refractivity contribution < 1.29 is 14.3 Å². The number of anilines is 2. The van der Waals surface area contributed by atoms with Crippen LogP contribution in [0, 0.1) is 0 Å². The third-order valence-corrected chi connectivity index (χ3v) is 3.28. The Balaban J connectivity index is 1.95. The summed E-state index contributed by atoms with van der Waals surface area (Å²) in [5.74, 6) is -0.152. The summed E-state index contributed by atoms with van der Waals surface area (Å²) in [6.07, 6.45) is 5.10. The molecule has 0 unspecified atom stereocenters. The van der Waals surface area contributed by atoms with Crippen LogP contribution in [-0.2, 0) is 4.74 Å². The van der Waals surface area contributed by atoms with E-state index in [1.165, 1.54) is 19.5 Å². The van der Waals surface area contributed by atoms with Gasteiger partial charge in [0.25, 0.3) is 5.91 Å². The molecule has 1 aromatic carbocycles. The van der Waals surface area contributed by atoms with Crippen molar-refractivity contribution in [3.8, 4) is 0 Å². The fourth-order valence-electron chi connectivity index (χ4n) is 1.93. The van der Waals surface area contributed by atoms with Crippen LogP contribution in [-0.4, -0.2) is 35.5 Å². The quantitative estimate of drug-likeness (QED) is 0.599. The number of hydrogen-bond donors (Lipinski definition) is 2. The molecule has 0 aliphatic rings. The molecule has 0 atom stereocenters. The summed E-state index contributed by atoms with van der Waals surface area (Å²) in [5.41, 5.74) is 1.19. The molecule has 1 amide bonds. The number of nitrogens with zero attached hydrogens (tertiary/aromatic N) is 2. The second-order valence-corrected chi connectivity index (χ2v) is 5.09. The van der Waals surface area contributed by atoms with Gasteiger partial charge in [0.1, 0.15) is 11.5 Å². The number of aromatic nitrogens is 2. The first-order valence-corrected chi connectivity index (χ1v) is 7.69. The zero-order chi connectivity index (χ0) is 17.4. The van der Waals surface area contributed by atoms with Gasteiger partial charge in [-0.15, -0.1) is 0 Å². The van der Waals surface area contributed by atoms with E-state index in [2.05, 4.69) is 32.3 Å². The minimum atomic E-state index is -0.426. The van der Waals surface area contributed by atoms with Gasteiger partial charge in [0, 0.05) is 12.2 Å². The number of hydrogen-bond acceptors (Lipinski definition) is 6. The van der Waals surface area contributed by atoms with E-state index in [1.807, 2.05) is 0 Å². The van der Waals surface area contributed by atoms with Crippen LogP contribution in [0.5, 0.6) is 0 Å². The summed E-state index contributed by atoms with van der Waals surface area (Å²) < 4.78 is 4.62. The molecule has 0 bridgehead atoms. The Kier molecular flexibility index (Phi) is 6.24. The topological polar surface area (TPSA) is 93.2 Å². The maximum absolute atomic E-state index is 12.1. The molecule has 24 heavy (non-hydrogen) atoms. The summed E-state index contributed by atoms with van der Waals surface area (Å²) in [7, 11) is 1.32. The molecule has 0 fully saturated rings. The van der Waals surface area contributed by atoms with Gasteiger partial charge < -0.3 is 15.4 Å². The molecular formula is C17H20N4O3. The number of unbranched alkanes of at least 4 members (excludes halogenated alkanes) is 1. The Morgan fingerprint density at radius 2 is 1.88 bits per heavy atom. The van der Waals surface area contributed by atoms with Crippen LogP contribution < -0.4 is 10.6 Å². The third kappa shape index (κ3) is 4.77. The van der Waals surface area contributed by atoms with Crippen molar-refractivity contribution >= 4 is 23.4 Å². The van der Waals surface area contributed by atoms with E-state index in [9.17, 15) is 9.59 Å². The summed E-state index contributed by atoms with van der Waals surface area (Å²) in [6, 6.07) is 6.40. The molecule has 7 heteroatoms. The molecule has 1 aromatic heterocycles. The van der Waals surface area contributed by atoms with Crippen molar-refractivity contribution in [1.82, 2.24) is 9.97 Å². The predicted octanol–water partition coefficient (Wildman–Crippen LogP) is 2.73. The summed E-state index contributed by atoms with van der Waals surface area (Å²) >= 11 is 0. The van der Waals surface area contributed by atoms with E-state index in [0.29, 0.717) is 17.1 Å². The molecule has 0 aliphatic heterocycles. The number of rotatable bonds is 7. The number of methoxy groups -OCH3 is 1. The van der Waals surface area contributed by atoms with E-state index >= 15 is 0 Å². The molecular weight excluding hydrogens is 308 g/mol. The van der Waals surface area contributed by atoms with Gasteiger partial charge in [-0.1, -0.05) is 13.3 Å². The van der Waals surface area contributed by atoms with Crippen LogP contribution >= 0.6 is 0 Å². The average molecular weight is 328 g/mol. The number of carbonyl (C=O) groups is 2. The summed E-state index contributed by atoms with van der Waals surface area (Å²) in [5, 5.41) is 5.83. The Hall–Kier alpha value is -2.96. The van der Waals surface area contributed by atoms with Gasteiger partial charge in [-0.25, -0.2) is 14.8 Å². The van der Waals surface area contributed by atoms with Gasteiger partial charge in [0.15, 0.2) is 0 Å². The molecule has 2 N–H and O–H groups in total. The van der Waals surface area contributed by atoms with Crippen LogP contribution in [0.2, 0.25) is 0 Å². The highest BCUT2D eigenvalue weighted by molar-refractivity contribution is 6.03. The second-order valence-electron chi connectivity index (χ2n) is 5.09. The lowest BCUT2D eigenvalue weighted by Crippen LogP contribution is -2.15. The maximum atomic E-state index is 12.1. The largest absolute Gasteiger partial charge is 0.465 e. The Morgan fingerprint density at radius 1 is 1.12 bits per heavy atom. The smallest absolute Gasteiger partial charge is 0.337 e. The van der Waals surface area contributed by atoms with Crippen molar-refractivity contribution in [2.45, 2.75) is 19.8 Å². The van der Waals surface area contributed by atoms with Gasteiger partial charge in [0.2, 0.25) is 0 Å². The van der Waals surface area contributed by atoms with Crippen LogP contribution in [0.3, 0.4) is 0 Å². The van der Waals surface area contributed by atoms with Gasteiger partial charge in [-0.05, 0) is 30.7 Å². The van der Waals surface area contributed by atoms with E-state index in [-0.39, 0.29) is 11.6 Å². The molecule has 2 aromatic rings. The number of nitrogens with one attached hydrogen (secondary N) is 2. The number of amides is 1. The van der Waals surface area contributed by atoms with Crippen molar-refractivity contribution in [1.29, 1.82) is 0 Å². The Bertz CT molecular complexity index is 684. The minimum Gasteiger partial charge on any atom is -0.465 e. The van der Waals surface area contributed by atoms with E-state index in [0.717, 1.165) is 19.4 Å². The lowest BCUT2D eigenvalue weighted by Gasteiger charge is -2.07. The molecule has 0 saturated carbocycles. The molecule has 2 rings (SSSR count). The standard InChI is InChI=1S/C17H20N4O3/c1-3-4-9-18-15-11-19-14(10-20-15)16(22)21-13-7-5-12(6-8-13)17(23)24-2/h5-8,10-11H,3-4,9H2,1-2H3,(H,18,20)(H,21,22). The van der Waals surface area contributed by atoms with Crippen LogP contribution in [0.15, 0.2) is 36.7 Å². The summed E-state index contributed by atoms with van der Waals surface area (Å²) in [4.78, 5) is 31.8. The van der Waals surface area contributed by atoms with E-state index in [4.69, 9.17) is 0 Å². The predicted molar refractivity (Wildman–Crippen MR) is 91.2 cm³/mol. The van der Waals surface area contributed by atoms with Crippen molar-refractivity contribution in [3.63, 3.8) is 0 Å². The lowest BCUT2D eigenvalue weighted by molar-refractivity contribution is 0.0600. The van der Waals surface area contributed by atoms with Crippen molar-refractivity contribution in [2.24, 2.45) is 0 Å². The van der Waals surface area contributed by atoms with Crippen LogP contribution in [0.25, 0.3) is 0 Å². The van der Waals surface area contributed by atoms with Gasteiger partial charge >= 0.3 is 5.97 Å². The molecule has 0 aliphatic carbocycles. The highest BCUT2D eigenvalue weighted by Crippen LogP contribution is 2.12. The SMILES string of the molecule is CCCCNc1cnc(C(=O)Nc2ccc(C(=O)OC)cc2)cn1. The monoisotopic (exact) mass is 328 g/mol.